The van der Waals surface area contributed by atoms with Gasteiger partial charge in [0.2, 0.25) is 0 Å². The minimum absolute atomic E-state index is 0.750. The molecular weight excluding hydrogens is 272 g/mol. The van der Waals surface area contributed by atoms with Gasteiger partial charge in [0.05, 0.1) is 10.7 Å². The smallest absolute Gasteiger partial charge is 0.126 e. The summed E-state index contributed by atoms with van der Waals surface area (Å²) in [5.74, 6) is 0.923. The van der Waals surface area contributed by atoms with Crippen LogP contribution in [0.5, 0.6) is 0 Å². The lowest BCUT2D eigenvalue weighted by Crippen LogP contribution is -2.49. The molecule has 110 valence electrons. The number of hydrogen-bond acceptors (Lipinski definition) is 4. The second kappa shape index (κ2) is 6.29. The Morgan fingerprint density at radius 3 is 3.10 bits per heavy atom. The van der Waals surface area contributed by atoms with Crippen LogP contribution >= 0.6 is 11.6 Å². The lowest BCUT2D eigenvalue weighted by atomic mass is 10.1. The average Bonchev–Trinajstić information content (AvgIpc) is 2.90. The van der Waals surface area contributed by atoms with E-state index in [-0.39, 0.29) is 0 Å². The van der Waals surface area contributed by atoms with E-state index >= 15 is 0 Å². The van der Waals surface area contributed by atoms with E-state index in [1.54, 1.807) is 0 Å². The highest BCUT2D eigenvalue weighted by Gasteiger charge is 2.30. The Kier molecular flexibility index (Phi) is 4.44. The van der Waals surface area contributed by atoms with Gasteiger partial charge in [0.1, 0.15) is 5.82 Å². The Hall–Kier alpha value is -0.840. The number of aromatic nitrogens is 1. The number of fused-ring (bicyclic) bond motifs is 1. The van der Waals surface area contributed by atoms with Crippen LogP contribution in [0, 0.1) is 0 Å². The van der Waals surface area contributed by atoms with Crippen molar-refractivity contribution in [1.82, 2.24) is 14.8 Å². The van der Waals surface area contributed by atoms with Crippen LogP contribution in [0.15, 0.2) is 12.1 Å². The highest BCUT2D eigenvalue weighted by atomic mass is 35.5. The fourth-order valence-electron chi connectivity index (χ4n) is 3.29. The molecule has 1 aromatic rings. The average molecular weight is 295 g/mol. The summed E-state index contributed by atoms with van der Waals surface area (Å²) in [6.07, 6.45) is 2.70. The fraction of sp³-hybridized carbons (Fsp3) is 0.667. The predicted molar refractivity (Wildman–Crippen MR) is 83.3 cm³/mol. The standard InChI is InChI=1S/C15H23ClN4/c1-2-17-15-6-5-13(16)14(18-15)11-19-8-9-20-7-3-4-12(20)10-19/h5-6,12H,2-4,7-11H2,1H3,(H,17,18). The molecule has 0 saturated carbocycles. The Bertz CT molecular complexity index is 465. The molecule has 3 heterocycles. The third kappa shape index (κ3) is 3.08. The minimum atomic E-state index is 0.750. The molecule has 1 unspecified atom stereocenters. The summed E-state index contributed by atoms with van der Waals surface area (Å²) in [7, 11) is 0. The minimum Gasteiger partial charge on any atom is -0.370 e. The van der Waals surface area contributed by atoms with Crippen LogP contribution in [-0.2, 0) is 6.54 Å². The molecule has 0 spiro atoms. The molecule has 4 nitrogen and oxygen atoms in total. The molecule has 2 aliphatic rings. The fourth-order valence-corrected chi connectivity index (χ4v) is 3.45. The van der Waals surface area contributed by atoms with Gasteiger partial charge in [-0.1, -0.05) is 11.6 Å². The van der Waals surface area contributed by atoms with Gasteiger partial charge in [-0.25, -0.2) is 4.98 Å². The molecule has 1 aromatic heterocycles. The number of anilines is 1. The monoisotopic (exact) mass is 294 g/mol. The summed E-state index contributed by atoms with van der Waals surface area (Å²) in [4.78, 5) is 9.77. The van der Waals surface area contributed by atoms with Crippen molar-refractivity contribution >= 4 is 17.4 Å². The van der Waals surface area contributed by atoms with E-state index < -0.39 is 0 Å². The summed E-state index contributed by atoms with van der Waals surface area (Å²) < 4.78 is 0. The van der Waals surface area contributed by atoms with Gasteiger partial charge in [-0.15, -0.1) is 0 Å². The normalized spacial score (nSPS) is 23.8. The molecule has 2 aliphatic heterocycles. The topological polar surface area (TPSA) is 31.4 Å². The second-order valence-electron chi connectivity index (χ2n) is 5.72. The number of halogens is 1. The molecule has 0 bridgehead atoms. The Morgan fingerprint density at radius 1 is 1.35 bits per heavy atom. The number of piperazine rings is 1. The van der Waals surface area contributed by atoms with Crippen molar-refractivity contribution in [3.63, 3.8) is 0 Å². The first kappa shape index (κ1) is 14.1. The van der Waals surface area contributed by atoms with Crippen LogP contribution in [0.4, 0.5) is 5.82 Å². The highest BCUT2D eigenvalue weighted by Crippen LogP contribution is 2.24. The van der Waals surface area contributed by atoms with E-state index in [4.69, 9.17) is 11.6 Å². The van der Waals surface area contributed by atoms with Crippen LogP contribution in [-0.4, -0.2) is 53.5 Å². The van der Waals surface area contributed by atoms with Crippen LogP contribution in [0.25, 0.3) is 0 Å². The first-order chi connectivity index (χ1) is 9.76. The van der Waals surface area contributed by atoms with Crippen LogP contribution in [0.1, 0.15) is 25.5 Å². The van der Waals surface area contributed by atoms with Crippen molar-refractivity contribution < 1.29 is 0 Å². The number of pyridine rings is 1. The highest BCUT2D eigenvalue weighted by molar-refractivity contribution is 6.31. The predicted octanol–water partition coefficient (Wildman–Crippen LogP) is 2.45. The van der Waals surface area contributed by atoms with Gasteiger partial charge in [-0.3, -0.25) is 9.80 Å². The first-order valence-corrected chi connectivity index (χ1v) is 7.99. The van der Waals surface area contributed by atoms with Crippen LogP contribution in [0.3, 0.4) is 0 Å². The molecule has 20 heavy (non-hydrogen) atoms. The molecule has 1 atom stereocenters. The number of rotatable bonds is 4. The van der Waals surface area contributed by atoms with Gasteiger partial charge in [-0.05, 0) is 38.4 Å². The molecule has 2 fully saturated rings. The van der Waals surface area contributed by atoms with E-state index in [0.29, 0.717) is 0 Å². The van der Waals surface area contributed by atoms with E-state index in [1.165, 1.54) is 25.9 Å². The van der Waals surface area contributed by atoms with Crippen molar-refractivity contribution in [3.05, 3.63) is 22.8 Å². The zero-order valence-electron chi connectivity index (χ0n) is 12.1. The summed E-state index contributed by atoms with van der Waals surface area (Å²) >= 11 is 6.30. The zero-order valence-corrected chi connectivity index (χ0v) is 12.9. The van der Waals surface area contributed by atoms with Gasteiger partial charge in [0.25, 0.3) is 0 Å². The van der Waals surface area contributed by atoms with Crippen molar-refractivity contribution in [2.45, 2.75) is 32.4 Å². The number of nitrogens with one attached hydrogen (secondary N) is 1. The number of hydrogen-bond donors (Lipinski definition) is 1. The molecule has 2 saturated heterocycles. The quantitative estimate of drug-likeness (QED) is 0.924. The van der Waals surface area contributed by atoms with Crippen molar-refractivity contribution in [2.24, 2.45) is 0 Å². The second-order valence-corrected chi connectivity index (χ2v) is 6.13. The molecule has 3 rings (SSSR count). The Morgan fingerprint density at radius 2 is 2.25 bits per heavy atom. The van der Waals surface area contributed by atoms with Crippen LogP contribution in [0.2, 0.25) is 5.02 Å². The Labute approximate surface area is 126 Å². The van der Waals surface area contributed by atoms with Gasteiger partial charge >= 0.3 is 0 Å². The van der Waals surface area contributed by atoms with Gasteiger partial charge in [-0.2, -0.15) is 0 Å². The van der Waals surface area contributed by atoms with Gasteiger partial charge in [0.15, 0.2) is 0 Å². The molecule has 0 aromatic carbocycles. The van der Waals surface area contributed by atoms with Crippen molar-refractivity contribution in [2.75, 3.05) is 38.0 Å². The lowest BCUT2D eigenvalue weighted by Gasteiger charge is -2.37. The lowest BCUT2D eigenvalue weighted by molar-refractivity contribution is 0.0985. The van der Waals surface area contributed by atoms with E-state index in [2.05, 4.69) is 27.0 Å². The van der Waals surface area contributed by atoms with E-state index in [9.17, 15) is 0 Å². The molecule has 0 amide bonds. The Balaban J connectivity index is 1.66. The molecule has 0 aliphatic carbocycles. The maximum Gasteiger partial charge on any atom is 0.126 e. The largest absolute Gasteiger partial charge is 0.370 e. The maximum atomic E-state index is 6.30. The summed E-state index contributed by atoms with van der Waals surface area (Å²) in [6.45, 7) is 8.58. The molecule has 5 heteroatoms. The molecular formula is C15H23ClN4. The van der Waals surface area contributed by atoms with E-state index in [1.807, 2.05) is 12.1 Å². The van der Waals surface area contributed by atoms with Gasteiger partial charge in [0, 0.05) is 38.8 Å². The van der Waals surface area contributed by atoms with Crippen molar-refractivity contribution in [3.8, 4) is 0 Å². The maximum absolute atomic E-state index is 6.30. The summed E-state index contributed by atoms with van der Waals surface area (Å²) in [5, 5.41) is 4.03. The number of nitrogens with zero attached hydrogens (tertiary/aromatic N) is 3. The zero-order chi connectivity index (χ0) is 13.9. The first-order valence-electron chi connectivity index (χ1n) is 7.62. The molecule has 1 N–H and O–H groups in total. The third-order valence-corrected chi connectivity index (χ3v) is 4.67. The van der Waals surface area contributed by atoms with E-state index in [0.717, 1.165) is 48.8 Å². The summed E-state index contributed by atoms with van der Waals surface area (Å²) in [6, 6.07) is 4.65. The third-order valence-electron chi connectivity index (χ3n) is 4.32. The summed E-state index contributed by atoms with van der Waals surface area (Å²) in [5.41, 5.74) is 0.997. The SMILES string of the molecule is CCNc1ccc(Cl)c(CN2CCN3CCCC3C2)n1. The molecule has 0 radical (unpaired) electrons. The van der Waals surface area contributed by atoms with Crippen LogP contribution < -0.4 is 5.32 Å². The van der Waals surface area contributed by atoms with Crippen molar-refractivity contribution in [1.29, 1.82) is 0 Å². The van der Waals surface area contributed by atoms with Gasteiger partial charge < -0.3 is 5.32 Å².